The van der Waals surface area contributed by atoms with E-state index in [1.165, 1.54) is 0 Å². The first kappa shape index (κ1) is 18.9. The van der Waals surface area contributed by atoms with Gasteiger partial charge in [-0.2, -0.15) is 0 Å². The number of fused-ring (bicyclic) bond motifs is 3. The van der Waals surface area contributed by atoms with Gasteiger partial charge in [-0.3, -0.25) is 14.8 Å². The number of hydrogen-bond acceptors (Lipinski definition) is 3. The molecule has 30 heavy (non-hydrogen) atoms. The average molecular weight is 420 g/mol. The first-order chi connectivity index (χ1) is 14.6. The highest BCUT2D eigenvalue weighted by atomic mass is 35.5. The fourth-order valence-corrected chi connectivity index (χ4v) is 4.19. The highest BCUT2D eigenvalue weighted by molar-refractivity contribution is 6.30. The lowest BCUT2D eigenvalue weighted by Gasteiger charge is -2.32. The molecule has 6 nitrogen and oxygen atoms in total. The third kappa shape index (κ3) is 3.27. The number of para-hydroxylation sites is 1. The Bertz CT molecular complexity index is 1110. The molecular formula is C23H22ClN5O. The zero-order valence-electron chi connectivity index (χ0n) is 16.7. The van der Waals surface area contributed by atoms with Gasteiger partial charge in [-0.25, -0.2) is 9.48 Å². The molecule has 7 heteroatoms. The van der Waals surface area contributed by atoms with Crippen molar-refractivity contribution in [1.82, 2.24) is 14.7 Å². The largest absolute Gasteiger partial charge is 0.331 e. The van der Waals surface area contributed by atoms with E-state index < -0.39 is 0 Å². The van der Waals surface area contributed by atoms with Crippen LogP contribution in [0, 0.1) is 0 Å². The smallest absolute Gasteiger partial charge is 0.276 e. The predicted octanol–water partition coefficient (Wildman–Crippen LogP) is 4.55. The summed E-state index contributed by atoms with van der Waals surface area (Å²) in [4.78, 5) is 21.8. The third-order valence-electron chi connectivity index (χ3n) is 5.46. The molecule has 3 heterocycles. The molecule has 1 unspecified atom stereocenters. The zero-order valence-corrected chi connectivity index (χ0v) is 17.5. The van der Waals surface area contributed by atoms with Crippen LogP contribution in [-0.4, -0.2) is 45.7 Å². The van der Waals surface area contributed by atoms with Crippen LogP contribution < -0.4 is 4.90 Å². The zero-order chi connectivity index (χ0) is 20.7. The monoisotopic (exact) mass is 419 g/mol. The first-order valence-corrected chi connectivity index (χ1v) is 10.6. The van der Waals surface area contributed by atoms with Gasteiger partial charge in [0.25, 0.3) is 0 Å². The first-order valence-electron chi connectivity index (χ1n) is 10.2. The van der Waals surface area contributed by atoms with E-state index in [1.54, 1.807) is 9.80 Å². The maximum absolute atomic E-state index is 13.3. The Morgan fingerprint density at radius 3 is 2.60 bits per heavy atom. The molecule has 0 aliphatic carbocycles. The lowest BCUT2D eigenvalue weighted by atomic mass is 10.1. The van der Waals surface area contributed by atoms with Crippen molar-refractivity contribution in [2.24, 2.45) is 4.99 Å². The van der Waals surface area contributed by atoms with Crippen LogP contribution in [0.25, 0.3) is 5.69 Å². The van der Waals surface area contributed by atoms with Gasteiger partial charge in [-0.05, 0) is 42.7 Å². The maximum Gasteiger partial charge on any atom is 0.331 e. The van der Waals surface area contributed by atoms with E-state index >= 15 is 0 Å². The Morgan fingerprint density at radius 2 is 1.87 bits per heavy atom. The summed E-state index contributed by atoms with van der Waals surface area (Å²) in [6.45, 7) is 3.27. The van der Waals surface area contributed by atoms with Gasteiger partial charge in [0, 0.05) is 17.8 Å². The van der Waals surface area contributed by atoms with Crippen LogP contribution in [0.3, 0.4) is 0 Å². The van der Waals surface area contributed by atoms with Crippen molar-refractivity contribution in [3.05, 3.63) is 76.9 Å². The standard InChI is InChI=1S/C23H22ClN5O/c1-2-12-27-22-20(15-29(26-22)19-6-4-3-5-7-19)21-25-18(14-28(21)23(27)30)13-16-8-10-17(24)11-9-16/h3-11,15,18H,2,12-14H2,1H3. The molecule has 5 rings (SSSR count). The van der Waals surface area contributed by atoms with E-state index in [2.05, 4.69) is 6.92 Å². The summed E-state index contributed by atoms with van der Waals surface area (Å²) in [6.07, 6.45) is 3.61. The number of benzene rings is 2. The quantitative estimate of drug-likeness (QED) is 0.609. The molecule has 3 aromatic rings. The maximum atomic E-state index is 13.3. The summed E-state index contributed by atoms with van der Waals surface area (Å²) in [5, 5.41) is 5.47. The molecule has 1 aromatic heterocycles. The number of nitrogens with zero attached hydrogens (tertiary/aromatic N) is 5. The molecule has 152 valence electrons. The second kappa shape index (κ2) is 7.61. The summed E-state index contributed by atoms with van der Waals surface area (Å²) in [5.74, 6) is 1.41. The number of amides is 2. The number of carbonyl (C=O) groups excluding carboxylic acids is 1. The normalized spacial score (nSPS) is 17.7. The van der Waals surface area contributed by atoms with Crippen LogP contribution in [0.5, 0.6) is 0 Å². The molecule has 0 saturated carbocycles. The van der Waals surface area contributed by atoms with Gasteiger partial charge in [0.1, 0.15) is 5.84 Å². The Balaban J connectivity index is 1.52. The lowest BCUT2D eigenvalue weighted by molar-refractivity contribution is 0.227. The number of amidine groups is 1. The van der Waals surface area contributed by atoms with E-state index in [-0.39, 0.29) is 12.1 Å². The van der Waals surface area contributed by atoms with E-state index in [0.717, 1.165) is 40.5 Å². The fraction of sp³-hybridized carbons (Fsp3) is 0.261. The minimum atomic E-state index is -0.0417. The van der Waals surface area contributed by atoms with Crippen LogP contribution in [-0.2, 0) is 6.42 Å². The molecule has 2 amide bonds. The van der Waals surface area contributed by atoms with Crippen molar-refractivity contribution < 1.29 is 4.79 Å². The van der Waals surface area contributed by atoms with Gasteiger partial charge in [0.2, 0.25) is 0 Å². The van der Waals surface area contributed by atoms with Gasteiger partial charge in [0.15, 0.2) is 5.82 Å². The number of hydrogen-bond donors (Lipinski definition) is 0. The molecular weight excluding hydrogens is 398 g/mol. The number of rotatable bonds is 5. The summed E-state index contributed by atoms with van der Waals surface area (Å²) in [7, 11) is 0. The molecule has 1 atom stereocenters. The Kier molecular flexibility index (Phi) is 4.79. The summed E-state index contributed by atoms with van der Waals surface area (Å²) < 4.78 is 1.83. The number of aromatic nitrogens is 2. The molecule has 2 aliphatic rings. The van der Waals surface area contributed by atoms with Gasteiger partial charge >= 0.3 is 6.03 Å². The molecule has 0 N–H and O–H groups in total. The van der Waals surface area contributed by atoms with Gasteiger partial charge < -0.3 is 0 Å². The summed E-state index contributed by atoms with van der Waals surface area (Å²) in [6, 6.07) is 17.7. The minimum absolute atomic E-state index is 0.0135. The van der Waals surface area contributed by atoms with Gasteiger partial charge in [0.05, 0.1) is 23.8 Å². The third-order valence-corrected chi connectivity index (χ3v) is 5.71. The van der Waals surface area contributed by atoms with Crippen molar-refractivity contribution in [1.29, 1.82) is 0 Å². The van der Waals surface area contributed by atoms with E-state index in [0.29, 0.717) is 18.9 Å². The SMILES string of the molecule is CCCN1C(=O)N2CC(Cc3ccc(Cl)cc3)N=C2c2cn(-c3ccccc3)nc21. The Hall–Kier alpha value is -3.12. The van der Waals surface area contributed by atoms with E-state index in [1.807, 2.05) is 65.5 Å². The van der Waals surface area contributed by atoms with Crippen LogP contribution in [0.1, 0.15) is 24.5 Å². The lowest BCUT2D eigenvalue weighted by Crippen LogP contribution is -2.50. The average Bonchev–Trinajstić information content (AvgIpc) is 3.38. The molecule has 0 radical (unpaired) electrons. The van der Waals surface area contributed by atoms with Crippen molar-refractivity contribution in [2.75, 3.05) is 18.0 Å². The van der Waals surface area contributed by atoms with Crippen LogP contribution in [0.15, 0.2) is 65.8 Å². The van der Waals surface area contributed by atoms with Gasteiger partial charge in [-0.15, -0.1) is 5.10 Å². The van der Waals surface area contributed by atoms with E-state index in [4.69, 9.17) is 21.7 Å². The number of anilines is 1. The van der Waals surface area contributed by atoms with Crippen molar-refractivity contribution >= 4 is 29.3 Å². The number of urea groups is 1. The van der Waals surface area contributed by atoms with Gasteiger partial charge in [-0.1, -0.05) is 48.9 Å². The van der Waals surface area contributed by atoms with Crippen molar-refractivity contribution in [3.63, 3.8) is 0 Å². The second-order valence-electron chi connectivity index (χ2n) is 7.63. The summed E-state index contributed by atoms with van der Waals surface area (Å²) >= 11 is 6.01. The molecule has 0 fully saturated rings. The van der Waals surface area contributed by atoms with Crippen LogP contribution in [0.2, 0.25) is 5.02 Å². The van der Waals surface area contributed by atoms with Crippen molar-refractivity contribution in [2.45, 2.75) is 25.8 Å². The molecule has 0 saturated heterocycles. The van der Waals surface area contributed by atoms with Crippen molar-refractivity contribution in [3.8, 4) is 5.69 Å². The topological polar surface area (TPSA) is 53.7 Å². The minimum Gasteiger partial charge on any atom is -0.276 e. The second-order valence-corrected chi connectivity index (χ2v) is 8.06. The van der Waals surface area contributed by atoms with Crippen LogP contribution >= 0.6 is 11.6 Å². The molecule has 2 aromatic carbocycles. The van der Waals surface area contributed by atoms with Crippen LogP contribution in [0.4, 0.5) is 10.6 Å². The molecule has 0 bridgehead atoms. The Morgan fingerprint density at radius 1 is 1.10 bits per heavy atom. The Labute approximate surface area is 180 Å². The summed E-state index contributed by atoms with van der Waals surface area (Å²) in [5.41, 5.74) is 3.02. The number of halogens is 1. The highest BCUT2D eigenvalue weighted by Crippen LogP contribution is 2.32. The molecule has 0 spiro atoms. The predicted molar refractivity (Wildman–Crippen MR) is 119 cm³/mol. The number of aliphatic imine (C=N–C) groups is 1. The highest BCUT2D eigenvalue weighted by Gasteiger charge is 2.41. The molecule has 2 aliphatic heterocycles. The van der Waals surface area contributed by atoms with E-state index in [9.17, 15) is 4.79 Å². The fourth-order valence-electron chi connectivity index (χ4n) is 4.06. The number of carbonyl (C=O) groups is 1.